The number of hydrogen-bond acceptors (Lipinski definition) is 3. The zero-order chi connectivity index (χ0) is 13.2. The molecule has 0 aliphatic carbocycles. The normalized spacial score (nSPS) is 26.4. The molecule has 0 unspecified atom stereocenters. The molecule has 106 valence electrons. The van der Waals surface area contributed by atoms with Gasteiger partial charge < -0.3 is 10.1 Å². The van der Waals surface area contributed by atoms with Gasteiger partial charge in [-0.25, -0.2) is 4.39 Å². The van der Waals surface area contributed by atoms with Crippen LogP contribution in [-0.2, 0) is 14.9 Å². The molecule has 1 aromatic rings. The van der Waals surface area contributed by atoms with E-state index >= 15 is 0 Å². The number of halogens is 2. The monoisotopic (exact) mass is 287 g/mol. The van der Waals surface area contributed by atoms with Gasteiger partial charge >= 0.3 is 5.97 Å². The second kappa shape index (κ2) is 6.35. The van der Waals surface area contributed by atoms with Crippen LogP contribution in [0.4, 0.5) is 4.39 Å². The van der Waals surface area contributed by atoms with Crippen LogP contribution in [0.25, 0.3) is 0 Å². The van der Waals surface area contributed by atoms with E-state index in [2.05, 4.69) is 5.32 Å². The molecule has 0 radical (unpaired) electrons. The highest BCUT2D eigenvalue weighted by Crippen LogP contribution is 2.36. The van der Waals surface area contributed by atoms with Crippen molar-refractivity contribution in [2.24, 2.45) is 0 Å². The first kappa shape index (κ1) is 15.9. The molecule has 0 bridgehead atoms. The number of carbonyl (C=O) groups excluding carboxylic acids is 1. The minimum Gasteiger partial charge on any atom is -0.468 e. The van der Waals surface area contributed by atoms with Crippen molar-refractivity contribution in [1.29, 1.82) is 0 Å². The summed E-state index contributed by atoms with van der Waals surface area (Å²) in [4.78, 5) is 12.2. The van der Waals surface area contributed by atoms with Crippen LogP contribution in [0.3, 0.4) is 0 Å². The van der Waals surface area contributed by atoms with E-state index in [1.54, 1.807) is 12.1 Å². The first-order valence-corrected chi connectivity index (χ1v) is 6.16. The highest BCUT2D eigenvalue weighted by atomic mass is 35.5. The number of carbonyl (C=O) groups is 1. The van der Waals surface area contributed by atoms with Crippen LogP contribution in [0.2, 0.25) is 0 Å². The summed E-state index contributed by atoms with van der Waals surface area (Å²) in [5, 5.41) is 3.31. The van der Waals surface area contributed by atoms with Crippen molar-refractivity contribution in [1.82, 2.24) is 5.32 Å². The number of benzene rings is 1. The molecule has 2 atom stereocenters. The van der Waals surface area contributed by atoms with Gasteiger partial charge in [0.05, 0.1) is 12.5 Å². The number of rotatable bonds is 2. The molecule has 1 aliphatic rings. The third-order valence-electron chi connectivity index (χ3n) is 3.67. The minimum atomic E-state index is -0.646. The molecule has 19 heavy (non-hydrogen) atoms. The maximum Gasteiger partial charge on any atom is 0.316 e. The zero-order valence-electron chi connectivity index (χ0n) is 11.1. The summed E-state index contributed by atoms with van der Waals surface area (Å²) in [7, 11) is 1.40. The van der Waals surface area contributed by atoms with Crippen LogP contribution in [-0.4, -0.2) is 25.7 Å². The van der Waals surface area contributed by atoms with Gasteiger partial charge in [0.2, 0.25) is 0 Å². The van der Waals surface area contributed by atoms with E-state index < -0.39 is 5.41 Å². The van der Waals surface area contributed by atoms with E-state index in [-0.39, 0.29) is 30.2 Å². The molecule has 0 saturated carbocycles. The number of nitrogens with one attached hydrogen (secondary N) is 1. The molecule has 0 spiro atoms. The summed E-state index contributed by atoms with van der Waals surface area (Å²) in [6, 6.07) is 6.40. The van der Waals surface area contributed by atoms with Gasteiger partial charge in [-0.05, 0) is 44.0 Å². The van der Waals surface area contributed by atoms with E-state index in [9.17, 15) is 9.18 Å². The van der Waals surface area contributed by atoms with Gasteiger partial charge in [-0.1, -0.05) is 12.1 Å². The van der Waals surface area contributed by atoms with Crippen molar-refractivity contribution in [3.8, 4) is 0 Å². The Kier molecular flexibility index (Phi) is 5.32. The third-order valence-corrected chi connectivity index (χ3v) is 3.67. The zero-order valence-corrected chi connectivity index (χ0v) is 11.9. The molecule has 1 aliphatic heterocycles. The average molecular weight is 288 g/mol. The van der Waals surface area contributed by atoms with Crippen molar-refractivity contribution in [2.45, 2.75) is 31.2 Å². The minimum absolute atomic E-state index is 0. The Hall–Kier alpha value is -1.13. The van der Waals surface area contributed by atoms with Gasteiger partial charge in [-0.2, -0.15) is 0 Å². The Morgan fingerprint density at radius 3 is 2.58 bits per heavy atom. The number of methoxy groups -OCH3 is 1. The van der Waals surface area contributed by atoms with Gasteiger partial charge in [0.25, 0.3) is 0 Å². The highest BCUT2D eigenvalue weighted by molar-refractivity contribution is 5.85. The molecule has 5 heteroatoms. The summed E-state index contributed by atoms with van der Waals surface area (Å²) >= 11 is 0. The SMILES string of the molecule is COC(=O)[C@@]1(c2ccc(F)cc2)CCN[C@@H](C)C1.Cl. The fourth-order valence-electron chi connectivity index (χ4n) is 2.76. The van der Waals surface area contributed by atoms with Crippen LogP contribution < -0.4 is 5.32 Å². The van der Waals surface area contributed by atoms with E-state index in [0.717, 1.165) is 12.1 Å². The summed E-state index contributed by atoms with van der Waals surface area (Å²) in [6.07, 6.45) is 1.35. The quantitative estimate of drug-likeness (QED) is 0.849. The maximum absolute atomic E-state index is 13.0. The van der Waals surface area contributed by atoms with E-state index in [1.165, 1.54) is 19.2 Å². The van der Waals surface area contributed by atoms with Crippen molar-refractivity contribution < 1.29 is 13.9 Å². The Labute approximate surface area is 118 Å². The van der Waals surface area contributed by atoms with Gasteiger partial charge in [-0.3, -0.25) is 4.79 Å². The molecule has 1 N–H and O–H groups in total. The number of piperidine rings is 1. The van der Waals surface area contributed by atoms with E-state index in [1.807, 2.05) is 6.92 Å². The van der Waals surface area contributed by atoms with Crippen molar-refractivity contribution in [2.75, 3.05) is 13.7 Å². The van der Waals surface area contributed by atoms with Crippen LogP contribution in [0.5, 0.6) is 0 Å². The molecule has 1 aromatic carbocycles. The Morgan fingerprint density at radius 2 is 2.05 bits per heavy atom. The molecular weight excluding hydrogens is 269 g/mol. The Morgan fingerprint density at radius 1 is 1.42 bits per heavy atom. The molecule has 0 aromatic heterocycles. The largest absolute Gasteiger partial charge is 0.468 e. The maximum atomic E-state index is 13.0. The molecule has 0 amide bonds. The summed E-state index contributed by atoms with van der Waals surface area (Å²) < 4.78 is 18.0. The summed E-state index contributed by atoms with van der Waals surface area (Å²) in [6.45, 7) is 2.80. The lowest BCUT2D eigenvalue weighted by Gasteiger charge is -2.38. The highest BCUT2D eigenvalue weighted by Gasteiger charge is 2.44. The second-order valence-corrected chi connectivity index (χ2v) is 4.89. The second-order valence-electron chi connectivity index (χ2n) is 4.89. The summed E-state index contributed by atoms with van der Waals surface area (Å²) in [5.41, 5.74) is 0.191. The predicted molar refractivity (Wildman–Crippen MR) is 74.0 cm³/mol. The Bertz CT molecular complexity index is 438. The molecule has 2 rings (SSSR count). The lowest BCUT2D eigenvalue weighted by Crippen LogP contribution is -2.50. The van der Waals surface area contributed by atoms with Crippen molar-refractivity contribution in [3.05, 3.63) is 35.6 Å². The average Bonchev–Trinajstić information content (AvgIpc) is 2.38. The molecule has 1 fully saturated rings. The van der Waals surface area contributed by atoms with Crippen molar-refractivity contribution >= 4 is 18.4 Å². The number of hydrogen-bond donors (Lipinski definition) is 1. The molecule has 1 saturated heterocycles. The van der Waals surface area contributed by atoms with Gasteiger partial charge in [0, 0.05) is 6.04 Å². The fourth-order valence-corrected chi connectivity index (χ4v) is 2.76. The molecule has 3 nitrogen and oxygen atoms in total. The number of esters is 1. The smallest absolute Gasteiger partial charge is 0.316 e. The van der Waals surface area contributed by atoms with Crippen LogP contribution in [0.1, 0.15) is 25.3 Å². The third kappa shape index (κ3) is 3.07. The predicted octanol–water partition coefficient (Wildman–Crippen LogP) is 2.43. The van der Waals surface area contributed by atoms with Gasteiger partial charge in [-0.15, -0.1) is 12.4 Å². The Balaban J connectivity index is 0.00000180. The topological polar surface area (TPSA) is 38.3 Å². The molecule has 1 heterocycles. The van der Waals surface area contributed by atoms with Gasteiger partial charge in [0.1, 0.15) is 5.82 Å². The first-order chi connectivity index (χ1) is 8.58. The first-order valence-electron chi connectivity index (χ1n) is 6.16. The molecular formula is C14H19ClFNO2. The lowest BCUT2D eigenvalue weighted by molar-refractivity contribution is -0.149. The van der Waals surface area contributed by atoms with Gasteiger partial charge in [0.15, 0.2) is 0 Å². The fraction of sp³-hybridized carbons (Fsp3) is 0.500. The van der Waals surface area contributed by atoms with Crippen LogP contribution in [0, 0.1) is 5.82 Å². The van der Waals surface area contributed by atoms with E-state index in [0.29, 0.717) is 12.8 Å². The number of ether oxygens (including phenoxy) is 1. The van der Waals surface area contributed by atoms with Crippen LogP contribution >= 0.6 is 12.4 Å². The standard InChI is InChI=1S/C14H18FNO2.ClH/c1-10-9-14(7-8-16-10,13(17)18-2)11-3-5-12(15)6-4-11;/h3-6,10,16H,7-9H2,1-2H3;1H/t10-,14-;/m0./s1. The lowest BCUT2D eigenvalue weighted by atomic mass is 9.71. The van der Waals surface area contributed by atoms with E-state index in [4.69, 9.17) is 4.74 Å². The summed E-state index contributed by atoms with van der Waals surface area (Å²) in [5.74, 6) is -0.525. The van der Waals surface area contributed by atoms with Crippen molar-refractivity contribution in [3.63, 3.8) is 0 Å². The van der Waals surface area contributed by atoms with Crippen LogP contribution in [0.15, 0.2) is 24.3 Å².